The van der Waals surface area contributed by atoms with Crippen LogP contribution in [0.15, 0.2) is 12.4 Å². The van der Waals surface area contributed by atoms with E-state index in [0.29, 0.717) is 16.9 Å². The number of rotatable bonds is 0. The minimum absolute atomic E-state index is 0.547. The van der Waals surface area contributed by atoms with Crippen molar-refractivity contribution in [3.63, 3.8) is 0 Å². The summed E-state index contributed by atoms with van der Waals surface area (Å²) in [5, 5.41) is 16.9. The number of fused-ring (bicyclic) bond motifs is 3. The highest BCUT2D eigenvalue weighted by molar-refractivity contribution is 5.81. The van der Waals surface area contributed by atoms with Crippen molar-refractivity contribution < 1.29 is 0 Å². The Balaban J connectivity index is 2.67. The number of aromatic nitrogens is 5. The highest BCUT2D eigenvalue weighted by Gasteiger charge is 2.11. The summed E-state index contributed by atoms with van der Waals surface area (Å²) >= 11 is 0. The predicted octanol–water partition coefficient (Wildman–Crippen LogP) is 0.786. The standard InChI is InChI=1S/C9H6N6/c1-5-13-14-7-4-12-9-8(15(5)7)6(2-10)3-11-9/h3-4,11H,1H3. The third kappa shape index (κ3) is 0.889. The molecular formula is C9H6N6. The SMILES string of the molecule is Cc1nnc2cnc3[nH]cc(C#N)c3n12. The molecule has 3 aromatic heterocycles. The van der Waals surface area contributed by atoms with E-state index in [1.165, 1.54) is 0 Å². The van der Waals surface area contributed by atoms with Gasteiger partial charge < -0.3 is 4.98 Å². The van der Waals surface area contributed by atoms with Crippen LogP contribution >= 0.6 is 0 Å². The summed E-state index contributed by atoms with van der Waals surface area (Å²) in [6, 6.07) is 2.11. The predicted molar refractivity (Wildman–Crippen MR) is 52.1 cm³/mol. The molecule has 15 heavy (non-hydrogen) atoms. The Labute approximate surface area is 84.2 Å². The fourth-order valence-corrected chi connectivity index (χ4v) is 1.68. The summed E-state index contributed by atoms with van der Waals surface area (Å²) in [4.78, 5) is 7.10. The van der Waals surface area contributed by atoms with Crippen molar-refractivity contribution in [3.8, 4) is 6.07 Å². The summed E-state index contributed by atoms with van der Waals surface area (Å²) in [6.07, 6.45) is 3.26. The van der Waals surface area contributed by atoms with Crippen LogP contribution in [-0.2, 0) is 0 Å². The van der Waals surface area contributed by atoms with Crippen LogP contribution in [0.4, 0.5) is 0 Å². The number of hydrogen-bond acceptors (Lipinski definition) is 4. The Morgan fingerprint density at radius 3 is 3.13 bits per heavy atom. The maximum absolute atomic E-state index is 8.96. The molecule has 0 unspecified atom stereocenters. The van der Waals surface area contributed by atoms with Gasteiger partial charge in [0, 0.05) is 6.20 Å². The molecule has 0 fully saturated rings. The number of aryl methyl sites for hydroxylation is 1. The minimum atomic E-state index is 0.547. The van der Waals surface area contributed by atoms with Crippen LogP contribution in [0.25, 0.3) is 16.8 Å². The summed E-state index contributed by atoms with van der Waals surface area (Å²) in [5.41, 5.74) is 2.60. The van der Waals surface area contributed by atoms with E-state index in [9.17, 15) is 0 Å². The van der Waals surface area contributed by atoms with Crippen LogP contribution in [0.1, 0.15) is 11.4 Å². The second-order valence-electron chi connectivity index (χ2n) is 3.21. The molecule has 0 aliphatic carbocycles. The second-order valence-corrected chi connectivity index (χ2v) is 3.21. The van der Waals surface area contributed by atoms with Gasteiger partial charge in [0.05, 0.1) is 11.8 Å². The lowest BCUT2D eigenvalue weighted by atomic mass is 10.3. The molecule has 0 saturated heterocycles. The number of hydrogen-bond donors (Lipinski definition) is 1. The zero-order valence-electron chi connectivity index (χ0n) is 7.89. The van der Waals surface area contributed by atoms with Gasteiger partial charge in [-0.2, -0.15) is 5.26 Å². The molecule has 0 atom stereocenters. The first-order chi connectivity index (χ1) is 7.31. The van der Waals surface area contributed by atoms with Gasteiger partial charge in [-0.15, -0.1) is 10.2 Å². The monoisotopic (exact) mass is 198 g/mol. The zero-order chi connectivity index (χ0) is 10.4. The molecule has 3 aromatic rings. The highest BCUT2D eigenvalue weighted by atomic mass is 15.3. The van der Waals surface area contributed by atoms with Crippen molar-refractivity contribution in [2.45, 2.75) is 6.92 Å². The molecule has 72 valence electrons. The largest absolute Gasteiger partial charge is 0.343 e. The molecule has 1 N–H and O–H groups in total. The third-order valence-electron chi connectivity index (χ3n) is 2.34. The second kappa shape index (κ2) is 2.54. The van der Waals surface area contributed by atoms with E-state index in [1.807, 2.05) is 11.3 Å². The topological polar surface area (TPSA) is 82.7 Å². The van der Waals surface area contributed by atoms with Gasteiger partial charge in [0.15, 0.2) is 11.3 Å². The van der Waals surface area contributed by atoms with Crippen LogP contribution in [0.5, 0.6) is 0 Å². The number of aromatic amines is 1. The molecule has 0 radical (unpaired) electrons. The van der Waals surface area contributed by atoms with Gasteiger partial charge in [0.1, 0.15) is 17.4 Å². The van der Waals surface area contributed by atoms with Crippen LogP contribution in [0, 0.1) is 18.3 Å². The average molecular weight is 198 g/mol. The van der Waals surface area contributed by atoms with E-state index in [1.54, 1.807) is 12.4 Å². The molecule has 0 amide bonds. The smallest absolute Gasteiger partial charge is 0.179 e. The van der Waals surface area contributed by atoms with Crippen molar-refractivity contribution in [3.05, 3.63) is 23.8 Å². The normalized spacial score (nSPS) is 10.9. The minimum Gasteiger partial charge on any atom is -0.343 e. The zero-order valence-corrected chi connectivity index (χ0v) is 7.89. The fraction of sp³-hybridized carbons (Fsp3) is 0.111. The Kier molecular flexibility index (Phi) is 1.35. The van der Waals surface area contributed by atoms with Crippen LogP contribution in [0.3, 0.4) is 0 Å². The molecular weight excluding hydrogens is 192 g/mol. The number of H-pyrrole nitrogens is 1. The summed E-state index contributed by atoms with van der Waals surface area (Å²) in [7, 11) is 0. The Bertz CT molecular complexity index is 698. The van der Waals surface area contributed by atoms with Gasteiger partial charge in [0.2, 0.25) is 0 Å². The van der Waals surface area contributed by atoms with Crippen molar-refractivity contribution in [2.24, 2.45) is 0 Å². The van der Waals surface area contributed by atoms with Crippen molar-refractivity contribution >= 4 is 16.8 Å². The van der Waals surface area contributed by atoms with E-state index in [2.05, 4.69) is 26.2 Å². The van der Waals surface area contributed by atoms with Gasteiger partial charge in [-0.1, -0.05) is 0 Å². The molecule has 3 heterocycles. The average Bonchev–Trinajstić information content (AvgIpc) is 2.81. The first-order valence-corrected chi connectivity index (χ1v) is 4.39. The molecule has 0 aliphatic heterocycles. The molecule has 0 spiro atoms. The van der Waals surface area contributed by atoms with E-state index < -0.39 is 0 Å². The highest BCUT2D eigenvalue weighted by Crippen LogP contribution is 2.17. The van der Waals surface area contributed by atoms with Crippen LogP contribution in [0.2, 0.25) is 0 Å². The lowest BCUT2D eigenvalue weighted by Gasteiger charge is -1.96. The van der Waals surface area contributed by atoms with Gasteiger partial charge >= 0.3 is 0 Å². The Hall–Kier alpha value is -2.42. The summed E-state index contributed by atoms with van der Waals surface area (Å²) in [5.74, 6) is 0.744. The summed E-state index contributed by atoms with van der Waals surface area (Å²) in [6.45, 7) is 1.84. The molecule has 0 aliphatic rings. The molecule has 6 nitrogen and oxygen atoms in total. The molecule has 6 heteroatoms. The fourth-order valence-electron chi connectivity index (χ4n) is 1.68. The van der Waals surface area contributed by atoms with Gasteiger partial charge in [-0.25, -0.2) is 4.98 Å². The number of nitriles is 1. The third-order valence-corrected chi connectivity index (χ3v) is 2.34. The number of nitrogens with one attached hydrogen (secondary N) is 1. The maximum atomic E-state index is 8.96. The van der Waals surface area contributed by atoms with E-state index in [0.717, 1.165) is 11.3 Å². The lowest BCUT2D eigenvalue weighted by molar-refractivity contribution is 1.02. The Morgan fingerprint density at radius 2 is 2.33 bits per heavy atom. The molecule has 0 saturated carbocycles. The molecule has 0 aromatic carbocycles. The van der Waals surface area contributed by atoms with Gasteiger partial charge in [-0.05, 0) is 6.92 Å². The van der Waals surface area contributed by atoms with Crippen molar-refractivity contribution in [2.75, 3.05) is 0 Å². The first kappa shape index (κ1) is 7.94. The first-order valence-electron chi connectivity index (χ1n) is 4.39. The Morgan fingerprint density at radius 1 is 1.47 bits per heavy atom. The maximum Gasteiger partial charge on any atom is 0.179 e. The quantitative estimate of drug-likeness (QED) is 0.578. The van der Waals surface area contributed by atoms with Crippen LogP contribution < -0.4 is 0 Å². The van der Waals surface area contributed by atoms with Crippen molar-refractivity contribution in [1.29, 1.82) is 5.26 Å². The van der Waals surface area contributed by atoms with Gasteiger partial charge in [-0.3, -0.25) is 4.40 Å². The molecule has 3 rings (SSSR count). The van der Waals surface area contributed by atoms with E-state index in [4.69, 9.17) is 5.26 Å². The lowest BCUT2D eigenvalue weighted by Crippen LogP contribution is -1.92. The van der Waals surface area contributed by atoms with Gasteiger partial charge in [0.25, 0.3) is 0 Å². The van der Waals surface area contributed by atoms with Crippen LogP contribution in [-0.4, -0.2) is 24.6 Å². The number of nitrogens with zero attached hydrogens (tertiary/aromatic N) is 5. The molecule has 0 bridgehead atoms. The summed E-state index contributed by atoms with van der Waals surface area (Å²) < 4.78 is 1.82. The van der Waals surface area contributed by atoms with E-state index in [-0.39, 0.29) is 0 Å². The van der Waals surface area contributed by atoms with Crippen molar-refractivity contribution in [1.82, 2.24) is 24.6 Å². The van der Waals surface area contributed by atoms with E-state index >= 15 is 0 Å².